The Morgan fingerprint density at radius 2 is 1.70 bits per heavy atom. The van der Waals surface area contributed by atoms with E-state index in [-0.39, 0.29) is 31.3 Å². The van der Waals surface area contributed by atoms with Gasteiger partial charge in [0, 0.05) is 41.8 Å². The van der Waals surface area contributed by atoms with Crippen molar-refractivity contribution in [1.82, 2.24) is 4.90 Å². The third-order valence-corrected chi connectivity index (χ3v) is 8.64. The molecule has 0 aliphatic carbocycles. The van der Waals surface area contributed by atoms with Crippen LogP contribution in [0.1, 0.15) is 54.4 Å². The molecule has 3 aromatic rings. The first-order valence-electron chi connectivity index (χ1n) is 14.6. The van der Waals surface area contributed by atoms with Crippen molar-refractivity contribution in [1.29, 1.82) is 0 Å². The summed E-state index contributed by atoms with van der Waals surface area (Å²) in [6, 6.07) is 22.6. The molecular formula is C34H39ClN2O6. The fraction of sp³-hybridized carbons (Fsp3) is 0.382. The molecule has 0 radical (unpaired) electrons. The second-order valence-electron chi connectivity index (χ2n) is 11.3. The number of benzene rings is 3. The minimum atomic E-state index is -0.878. The first-order valence-corrected chi connectivity index (χ1v) is 15.0. The number of amides is 1. The maximum atomic E-state index is 11.9. The molecule has 2 fully saturated rings. The molecule has 43 heavy (non-hydrogen) atoms. The van der Waals surface area contributed by atoms with Gasteiger partial charge in [-0.1, -0.05) is 79.7 Å². The van der Waals surface area contributed by atoms with Gasteiger partial charge in [-0.3, -0.25) is 5.32 Å². The molecule has 2 saturated heterocycles. The van der Waals surface area contributed by atoms with Crippen LogP contribution in [0, 0.1) is 5.92 Å². The van der Waals surface area contributed by atoms with E-state index in [9.17, 15) is 15.0 Å². The lowest BCUT2D eigenvalue weighted by Crippen LogP contribution is -2.49. The average molecular weight is 607 g/mol. The zero-order valence-electron chi connectivity index (χ0n) is 24.3. The number of halogens is 1. The highest BCUT2D eigenvalue weighted by atomic mass is 35.5. The highest BCUT2D eigenvalue weighted by molar-refractivity contribution is 6.30. The zero-order chi connectivity index (χ0) is 30.4. The van der Waals surface area contributed by atoms with Crippen LogP contribution in [-0.2, 0) is 26.4 Å². The number of aliphatic hydroxyl groups is 2. The summed E-state index contributed by atoms with van der Waals surface area (Å²) in [5.41, 5.74) is 3.29. The lowest BCUT2D eigenvalue weighted by atomic mass is 9.84. The largest absolute Gasteiger partial charge is 0.445 e. The number of carbonyl (C=O) groups is 1. The molecule has 0 bridgehead atoms. The Bertz CT molecular complexity index is 1360. The number of carbonyl (C=O) groups excluding carboxylic acids is 1. The minimum absolute atomic E-state index is 0.0193. The number of piperidine rings is 1. The van der Waals surface area contributed by atoms with Gasteiger partial charge in [0.15, 0.2) is 6.29 Å². The van der Waals surface area contributed by atoms with Gasteiger partial charge in [0.2, 0.25) is 0 Å². The lowest BCUT2D eigenvalue weighted by molar-refractivity contribution is -0.277. The van der Waals surface area contributed by atoms with Crippen LogP contribution in [0.25, 0.3) is 0 Å². The number of hydrogen-bond donors (Lipinski definition) is 3. The number of rotatable bonds is 9. The van der Waals surface area contributed by atoms with E-state index in [2.05, 4.69) is 23.7 Å². The van der Waals surface area contributed by atoms with Crippen molar-refractivity contribution < 1.29 is 29.2 Å². The molecule has 2 aliphatic heterocycles. The Kier molecular flexibility index (Phi) is 10.2. The normalized spacial score (nSPS) is 23.8. The molecule has 0 saturated carbocycles. The second-order valence-corrected chi connectivity index (χ2v) is 11.7. The van der Waals surface area contributed by atoms with Crippen molar-refractivity contribution >= 4 is 23.4 Å². The van der Waals surface area contributed by atoms with Gasteiger partial charge in [0.1, 0.15) is 6.61 Å². The number of nitrogens with one attached hydrogen (secondary N) is 1. The van der Waals surface area contributed by atoms with Gasteiger partial charge >= 0.3 is 6.09 Å². The molecule has 2 heterocycles. The maximum absolute atomic E-state index is 11.9. The topological polar surface area (TPSA) is 100 Å². The van der Waals surface area contributed by atoms with Gasteiger partial charge in [0.05, 0.1) is 24.4 Å². The molecule has 5 rings (SSSR count). The molecule has 0 aromatic heterocycles. The van der Waals surface area contributed by atoms with Gasteiger partial charge in [-0.2, -0.15) is 0 Å². The number of nitrogens with zero attached hydrogens (tertiary/aromatic N) is 1. The van der Waals surface area contributed by atoms with Crippen LogP contribution in [0.4, 0.5) is 10.5 Å². The van der Waals surface area contributed by atoms with Crippen molar-refractivity contribution in [2.24, 2.45) is 5.92 Å². The van der Waals surface area contributed by atoms with Crippen LogP contribution >= 0.6 is 11.6 Å². The Morgan fingerprint density at radius 3 is 2.33 bits per heavy atom. The predicted octanol–water partition coefficient (Wildman–Crippen LogP) is 6.34. The summed E-state index contributed by atoms with van der Waals surface area (Å²) in [5.74, 6) is 0.0360. The maximum Gasteiger partial charge on any atom is 0.411 e. The van der Waals surface area contributed by atoms with Crippen LogP contribution in [0.15, 0.2) is 85.5 Å². The Hall–Kier alpha value is -3.24. The lowest BCUT2D eigenvalue weighted by Gasteiger charge is -2.45. The van der Waals surface area contributed by atoms with E-state index in [0.717, 1.165) is 35.3 Å². The van der Waals surface area contributed by atoms with E-state index in [1.165, 1.54) is 6.08 Å². The smallest absolute Gasteiger partial charge is 0.411 e. The molecule has 1 amide bonds. The molecule has 4 unspecified atom stereocenters. The fourth-order valence-corrected chi connectivity index (χ4v) is 5.88. The van der Waals surface area contributed by atoms with Crippen molar-refractivity contribution in [3.8, 4) is 0 Å². The minimum Gasteiger partial charge on any atom is -0.445 e. The number of ether oxygens (including phenoxy) is 3. The monoisotopic (exact) mass is 606 g/mol. The summed E-state index contributed by atoms with van der Waals surface area (Å²) in [4.78, 5) is 14.3. The number of likely N-dealkylation sites (tertiary alicyclic amines) is 1. The quantitative estimate of drug-likeness (QED) is 0.244. The van der Waals surface area contributed by atoms with E-state index < -0.39 is 18.0 Å². The predicted molar refractivity (Wildman–Crippen MR) is 166 cm³/mol. The first kappa shape index (κ1) is 31.2. The van der Waals surface area contributed by atoms with Crippen molar-refractivity contribution in [3.63, 3.8) is 0 Å². The molecule has 3 aromatic carbocycles. The van der Waals surface area contributed by atoms with Crippen LogP contribution < -0.4 is 5.32 Å². The van der Waals surface area contributed by atoms with E-state index in [0.29, 0.717) is 30.1 Å². The van der Waals surface area contributed by atoms with Crippen molar-refractivity contribution in [3.05, 3.63) is 113 Å². The molecule has 2 aliphatic rings. The zero-order valence-corrected chi connectivity index (χ0v) is 25.1. The second kappa shape index (κ2) is 14.0. The van der Waals surface area contributed by atoms with Gasteiger partial charge in [0.25, 0.3) is 0 Å². The highest BCUT2D eigenvalue weighted by Gasteiger charge is 2.41. The van der Waals surface area contributed by atoms with Gasteiger partial charge < -0.3 is 29.3 Å². The number of anilines is 1. The molecular weight excluding hydrogens is 568 g/mol. The Balaban J connectivity index is 1.30. The molecule has 0 spiro atoms. The fourth-order valence-electron chi connectivity index (χ4n) is 5.75. The molecule has 228 valence electrons. The van der Waals surface area contributed by atoms with Crippen molar-refractivity contribution in [2.75, 3.05) is 31.6 Å². The van der Waals surface area contributed by atoms with Gasteiger partial charge in [-0.25, -0.2) is 4.79 Å². The standard InChI is InChI=1S/C34H39ClN2O6/c1-3-20-41-33(39)36-29-14-8-26(9-15-29)32-42-30(23(2)31(43-32)25-6-4-24(22-38)5-7-25)21-37-18-16-34(40,17-19-37)27-10-12-28(35)13-11-27/h3-15,23,30-32,38,40H,1,16-22H2,2H3,(H,36,39). The highest BCUT2D eigenvalue weighted by Crippen LogP contribution is 2.42. The average Bonchev–Trinajstić information content (AvgIpc) is 3.03. The Labute approximate surface area is 257 Å². The van der Waals surface area contributed by atoms with Crippen LogP contribution in [0.5, 0.6) is 0 Å². The van der Waals surface area contributed by atoms with Gasteiger partial charge in [-0.15, -0.1) is 0 Å². The molecule has 9 heteroatoms. The molecule has 4 atom stereocenters. The van der Waals surface area contributed by atoms with Gasteiger partial charge in [-0.05, 0) is 53.8 Å². The summed E-state index contributed by atoms with van der Waals surface area (Å²) in [6.45, 7) is 7.95. The number of aliphatic hydroxyl groups excluding tert-OH is 1. The van der Waals surface area contributed by atoms with E-state index in [4.69, 9.17) is 25.8 Å². The van der Waals surface area contributed by atoms with Crippen LogP contribution in [0.3, 0.4) is 0 Å². The van der Waals surface area contributed by atoms with E-state index >= 15 is 0 Å². The first-order chi connectivity index (χ1) is 20.8. The molecule has 8 nitrogen and oxygen atoms in total. The summed E-state index contributed by atoms with van der Waals surface area (Å²) in [6.07, 6.45) is 1.18. The van der Waals surface area contributed by atoms with E-state index in [1.54, 1.807) is 12.1 Å². The molecule has 3 N–H and O–H groups in total. The number of hydrogen-bond acceptors (Lipinski definition) is 7. The summed E-state index contributed by atoms with van der Waals surface area (Å²) in [5, 5.41) is 24.3. The summed E-state index contributed by atoms with van der Waals surface area (Å²) in [7, 11) is 0. The van der Waals surface area contributed by atoms with Crippen LogP contribution in [0.2, 0.25) is 5.02 Å². The summed E-state index contributed by atoms with van der Waals surface area (Å²) < 4.78 is 18.2. The third-order valence-electron chi connectivity index (χ3n) is 8.39. The summed E-state index contributed by atoms with van der Waals surface area (Å²) >= 11 is 6.06. The van der Waals surface area contributed by atoms with Crippen LogP contribution in [-0.4, -0.2) is 53.6 Å². The van der Waals surface area contributed by atoms with E-state index in [1.807, 2.05) is 60.7 Å². The Morgan fingerprint density at radius 1 is 1.05 bits per heavy atom. The SMILES string of the molecule is C=CCOC(=O)Nc1ccc(C2OC(CN3CCC(O)(c4ccc(Cl)cc4)CC3)C(C)C(c3ccc(CO)cc3)O2)cc1. The van der Waals surface area contributed by atoms with Crippen molar-refractivity contribution in [2.45, 2.75) is 50.5 Å². The third kappa shape index (κ3) is 7.65.